The summed E-state index contributed by atoms with van der Waals surface area (Å²) in [7, 11) is 0. The zero-order valence-corrected chi connectivity index (χ0v) is 13.6. The molecule has 2 heterocycles. The molecule has 24 heavy (non-hydrogen) atoms. The predicted octanol–water partition coefficient (Wildman–Crippen LogP) is 1.48. The van der Waals surface area contributed by atoms with Crippen LogP contribution in [0.3, 0.4) is 0 Å². The molecule has 3 rings (SSSR count). The summed E-state index contributed by atoms with van der Waals surface area (Å²) in [5, 5.41) is 0. The van der Waals surface area contributed by atoms with Gasteiger partial charge in [-0.15, -0.1) is 0 Å². The average molecular weight is 328 g/mol. The van der Waals surface area contributed by atoms with E-state index >= 15 is 0 Å². The molecule has 2 aliphatic heterocycles. The third-order valence-corrected chi connectivity index (χ3v) is 4.34. The van der Waals surface area contributed by atoms with Crippen LogP contribution >= 0.6 is 0 Å². The normalized spacial score (nSPS) is 19.0. The first-order valence-electron chi connectivity index (χ1n) is 8.09. The van der Waals surface area contributed by atoms with Gasteiger partial charge in [0.05, 0.1) is 24.3 Å². The van der Waals surface area contributed by atoms with Gasteiger partial charge in [-0.2, -0.15) is 0 Å². The second-order valence-electron chi connectivity index (χ2n) is 5.78. The largest absolute Gasteiger partial charge is 0.378 e. The molecule has 1 saturated heterocycles. The molecule has 1 aromatic carbocycles. The van der Waals surface area contributed by atoms with Gasteiger partial charge in [-0.1, -0.05) is 24.3 Å². The highest BCUT2D eigenvalue weighted by Crippen LogP contribution is 2.26. The summed E-state index contributed by atoms with van der Waals surface area (Å²) in [5.74, 6) is -0.996. The fourth-order valence-electron chi connectivity index (χ4n) is 3.07. The van der Waals surface area contributed by atoms with E-state index in [0.29, 0.717) is 43.9 Å². The molecule has 0 saturated carbocycles. The van der Waals surface area contributed by atoms with E-state index < -0.39 is 17.9 Å². The smallest absolute Gasteiger partial charge is 0.262 e. The fraction of sp³-hybridized carbons (Fsp3) is 0.389. The lowest BCUT2D eigenvalue weighted by Crippen LogP contribution is -2.53. The molecule has 126 valence electrons. The summed E-state index contributed by atoms with van der Waals surface area (Å²) in [6, 6.07) is 5.88. The maximum Gasteiger partial charge on any atom is 0.262 e. The van der Waals surface area contributed by atoms with Crippen molar-refractivity contribution in [3.8, 4) is 0 Å². The molecular formula is C18H20N2O4. The number of carbonyl (C=O) groups is 3. The molecule has 0 aliphatic carbocycles. The molecule has 1 aromatic rings. The SMILES string of the molecule is CC=CCC(C(=O)N1CCOCC1)N1C(=O)c2ccccc2C1=O. The van der Waals surface area contributed by atoms with E-state index in [1.54, 1.807) is 29.2 Å². The Kier molecular flexibility index (Phi) is 4.76. The van der Waals surface area contributed by atoms with Crippen molar-refractivity contribution in [1.82, 2.24) is 9.80 Å². The van der Waals surface area contributed by atoms with Gasteiger partial charge >= 0.3 is 0 Å². The standard InChI is InChI=1S/C18H20N2O4/c1-2-3-8-15(18(23)19-9-11-24-12-10-19)20-16(21)13-6-4-5-7-14(13)17(20)22/h2-7,15H,8-12H2,1H3. The van der Waals surface area contributed by atoms with Gasteiger partial charge in [-0.25, -0.2) is 0 Å². The molecule has 3 amide bonds. The van der Waals surface area contributed by atoms with Crippen LogP contribution in [0.25, 0.3) is 0 Å². The quantitative estimate of drug-likeness (QED) is 0.620. The summed E-state index contributed by atoms with van der Waals surface area (Å²) in [6.07, 6.45) is 3.95. The summed E-state index contributed by atoms with van der Waals surface area (Å²) in [5.41, 5.74) is 0.727. The predicted molar refractivity (Wildman–Crippen MR) is 87.6 cm³/mol. The Hall–Kier alpha value is -2.47. The molecule has 1 atom stereocenters. The number of allylic oxidation sites excluding steroid dienone is 1. The zero-order chi connectivity index (χ0) is 17.1. The Bertz CT molecular complexity index is 657. The molecule has 0 bridgehead atoms. The number of benzene rings is 1. The van der Waals surface area contributed by atoms with Crippen molar-refractivity contribution in [3.63, 3.8) is 0 Å². The lowest BCUT2D eigenvalue weighted by molar-refractivity contribution is -0.139. The number of fused-ring (bicyclic) bond motifs is 1. The van der Waals surface area contributed by atoms with E-state index in [1.807, 2.05) is 19.1 Å². The van der Waals surface area contributed by atoms with Gasteiger partial charge in [-0.3, -0.25) is 19.3 Å². The van der Waals surface area contributed by atoms with Crippen LogP contribution in [0.15, 0.2) is 36.4 Å². The maximum absolute atomic E-state index is 12.9. The van der Waals surface area contributed by atoms with E-state index in [1.165, 1.54) is 0 Å². The third-order valence-electron chi connectivity index (χ3n) is 4.34. The van der Waals surface area contributed by atoms with Crippen molar-refractivity contribution in [3.05, 3.63) is 47.5 Å². The van der Waals surface area contributed by atoms with E-state index in [9.17, 15) is 14.4 Å². The number of hydrogen-bond donors (Lipinski definition) is 0. The lowest BCUT2D eigenvalue weighted by atomic mass is 10.1. The molecule has 0 N–H and O–H groups in total. The number of morpholine rings is 1. The first-order chi connectivity index (χ1) is 11.6. The molecule has 1 unspecified atom stereocenters. The molecule has 6 nitrogen and oxygen atoms in total. The number of hydrogen-bond acceptors (Lipinski definition) is 4. The molecule has 6 heteroatoms. The Balaban J connectivity index is 1.90. The van der Waals surface area contributed by atoms with Crippen LogP contribution in [0.1, 0.15) is 34.1 Å². The highest BCUT2D eigenvalue weighted by Gasteiger charge is 2.43. The van der Waals surface area contributed by atoms with E-state index in [2.05, 4.69) is 0 Å². The molecule has 1 fully saturated rings. The highest BCUT2D eigenvalue weighted by atomic mass is 16.5. The van der Waals surface area contributed by atoms with Crippen LogP contribution < -0.4 is 0 Å². The highest BCUT2D eigenvalue weighted by molar-refractivity contribution is 6.22. The molecule has 2 aliphatic rings. The van der Waals surface area contributed by atoms with Crippen molar-refractivity contribution in [2.24, 2.45) is 0 Å². The Morgan fingerprint density at radius 2 is 1.75 bits per heavy atom. The fourth-order valence-corrected chi connectivity index (χ4v) is 3.07. The van der Waals surface area contributed by atoms with Crippen molar-refractivity contribution in [2.75, 3.05) is 26.3 Å². The van der Waals surface area contributed by atoms with Crippen molar-refractivity contribution in [1.29, 1.82) is 0 Å². The van der Waals surface area contributed by atoms with Gasteiger partial charge in [0.25, 0.3) is 11.8 Å². The van der Waals surface area contributed by atoms with E-state index in [0.717, 1.165) is 4.90 Å². The van der Waals surface area contributed by atoms with Gasteiger partial charge in [0, 0.05) is 13.1 Å². The molecule has 0 radical (unpaired) electrons. The third kappa shape index (κ3) is 2.85. The summed E-state index contributed by atoms with van der Waals surface area (Å²) in [4.78, 5) is 41.1. The Labute approximate surface area is 140 Å². The number of ether oxygens (including phenoxy) is 1. The van der Waals surface area contributed by atoms with Crippen molar-refractivity contribution in [2.45, 2.75) is 19.4 Å². The molecular weight excluding hydrogens is 308 g/mol. The number of nitrogens with zero attached hydrogens (tertiary/aromatic N) is 2. The molecule has 0 spiro atoms. The second-order valence-corrected chi connectivity index (χ2v) is 5.78. The average Bonchev–Trinajstić information content (AvgIpc) is 2.88. The van der Waals surface area contributed by atoms with Crippen molar-refractivity contribution < 1.29 is 19.1 Å². The number of imide groups is 1. The zero-order valence-electron chi connectivity index (χ0n) is 13.6. The van der Waals surface area contributed by atoms with Crippen LogP contribution in [-0.2, 0) is 9.53 Å². The Morgan fingerprint density at radius 3 is 2.29 bits per heavy atom. The van der Waals surface area contributed by atoms with Gasteiger partial charge in [-0.05, 0) is 25.5 Å². The van der Waals surface area contributed by atoms with E-state index in [-0.39, 0.29) is 5.91 Å². The first-order valence-corrected chi connectivity index (χ1v) is 8.09. The van der Waals surface area contributed by atoms with Crippen LogP contribution in [0, 0.1) is 0 Å². The number of amides is 3. The summed E-state index contributed by atoms with van der Waals surface area (Å²) in [6.45, 7) is 3.76. The minimum Gasteiger partial charge on any atom is -0.378 e. The van der Waals surface area contributed by atoms with Crippen LogP contribution in [0.2, 0.25) is 0 Å². The topological polar surface area (TPSA) is 66.9 Å². The van der Waals surface area contributed by atoms with Crippen molar-refractivity contribution >= 4 is 17.7 Å². The minimum absolute atomic E-state index is 0.203. The monoisotopic (exact) mass is 328 g/mol. The lowest BCUT2D eigenvalue weighted by Gasteiger charge is -2.33. The molecule has 0 aromatic heterocycles. The van der Waals surface area contributed by atoms with Gasteiger partial charge in [0.1, 0.15) is 6.04 Å². The van der Waals surface area contributed by atoms with Gasteiger partial charge in [0.2, 0.25) is 5.91 Å². The number of carbonyl (C=O) groups excluding carboxylic acids is 3. The summed E-state index contributed by atoms with van der Waals surface area (Å²) >= 11 is 0. The van der Waals surface area contributed by atoms with Crippen LogP contribution in [-0.4, -0.2) is 59.9 Å². The number of rotatable bonds is 4. The van der Waals surface area contributed by atoms with Crippen LogP contribution in [0.5, 0.6) is 0 Å². The second kappa shape index (κ2) is 6.97. The van der Waals surface area contributed by atoms with Crippen LogP contribution in [0.4, 0.5) is 0 Å². The first kappa shape index (κ1) is 16.4. The minimum atomic E-state index is -0.813. The Morgan fingerprint density at radius 1 is 1.17 bits per heavy atom. The maximum atomic E-state index is 12.9. The van der Waals surface area contributed by atoms with E-state index in [4.69, 9.17) is 4.74 Å². The summed E-state index contributed by atoms with van der Waals surface area (Å²) < 4.78 is 5.27. The van der Waals surface area contributed by atoms with Gasteiger partial charge in [0.15, 0.2) is 0 Å². The van der Waals surface area contributed by atoms with Gasteiger partial charge < -0.3 is 9.64 Å².